The van der Waals surface area contributed by atoms with Gasteiger partial charge in [0.25, 0.3) is 5.56 Å². The minimum Gasteiger partial charge on any atom is -0.478 e. The second-order valence-corrected chi connectivity index (χ2v) is 8.75. The molecule has 4 rings (SSSR count). The Labute approximate surface area is 205 Å². The molecule has 0 radical (unpaired) electrons. The number of unbranched alkanes of at least 4 members (excludes halogenated alkanes) is 1. The van der Waals surface area contributed by atoms with Gasteiger partial charge in [0, 0.05) is 18.4 Å². The highest BCUT2D eigenvalue weighted by Crippen LogP contribution is 2.25. The van der Waals surface area contributed by atoms with Crippen molar-refractivity contribution in [3.8, 4) is 11.1 Å². The summed E-state index contributed by atoms with van der Waals surface area (Å²) in [4.78, 5) is 32.5. The average molecular weight is 467 g/mol. The summed E-state index contributed by atoms with van der Waals surface area (Å²) in [7, 11) is 0. The maximum absolute atomic E-state index is 13.1. The van der Waals surface area contributed by atoms with E-state index >= 15 is 0 Å². The highest BCUT2D eigenvalue weighted by atomic mass is 16.4. The molecule has 0 amide bonds. The topological polar surface area (TPSA) is 83.0 Å². The second-order valence-electron chi connectivity index (χ2n) is 8.75. The molecule has 0 unspecified atom stereocenters. The van der Waals surface area contributed by atoms with Gasteiger partial charge in [-0.2, -0.15) is 0 Å². The van der Waals surface area contributed by atoms with Crippen LogP contribution in [0.3, 0.4) is 0 Å². The molecule has 0 spiro atoms. The Bertz CT molecular complexity index is 1340. The van der Waals surface area contributed by atoms with Crippen molar-refractivity contribution in [1.82, 2.24) is 9.97 Å². The fraction of sp³-hybridized carbons (Fsp3) is 0.233. The zero-order valence-corrected chi connectivity index (χ0v) is 20.0. The quantitative estimate of drug-likeness (QED) is 0.307. The number of aromatic nitrogens is 2. The van der Waals surface area contributed by atoms with Crippen molar-refractivity contribution in [2.45, 2.75) is 45.4 Å². The lowest BCUT2D eigenvalue weighted by Gasteiger charge is -2.12. The summed E-state index contributed by atoms with van der Waals surface area (Å²) in [5.41, 5.74) is 5.50. The van der Waals surface area contributed by atoms with Gasteiger partial charge in [-0.1, -0.05) is 86.1 Å². The molecule has 0 fully saturated rings. The molecular weight excluding hydrogens is 436 g/mol. The second kappa shape index (κ2) is 11.4. The fourth-order valence-corrected chi connectivity index (χ4v) is 4.28. The minimum atomic E-state index is -0.949. The number of hydrogen-bond donors (Lipinski definition) is 2. The largest absolute Gasteiger partial charge is 0.478 e. The van der Waals surface area contributed by atoms with Gasteiger partial charge >= 0.3 is 5.97 Å². The van der Waals surface area contributed by atoms with Crippen LogP contribution in [0.15, 0.2) is 83.7 Å². The van der Waals surface area contributed by atoms with E-state index < -0.39 is 5.97 Å². The lowest BCUT2D eigenvalue weighted by molar-refractivity contribution is 0.0697. The number of carboxylic acid groups (broad SMARTS) is 1. The van der Waals surface area contributed by atoms with E-state index in [2.05, 4.69) is 24.0 Å². The smallest absolute Gasteiger partial charge is 0.336 e. The maximum Gasteiger partial charge on any atom is 0.336 e. The van der Waals surface area contributed by atoms with Gasteiger partial charge in [0.05, 0.1) is 11.3 Å². The lowest BCUT2D eigenvalue weighted by atomic mass is 9.96. The molecule has 1 heterocycles. The van der Waals surface area contributed by atoms with Crippen LogP contribution in [0.25, 0.3) is 11.1 Å². The van der Waals surface area contributed by atoms with Gasteiger partial charge in [0.2, 0.25) is 0 Å². The summed E-state index contributed by atoms with van der Waals surface area (Å²) in [6, 6.07) is 24.9. The first kappa shape index (κ1) is 24.1. The van der Waals surface area contributed by atoms with Crippen LogP contribution >= 0.6 is 0 Å². The molecule has 178 valence electrons. The molecule has 1 aromatic heterocycles. The molecule has 2 N–H and O–H groups in total. The third kappa shape index (κ3) is 6.12. The van der Waals surface area contributed by atoms with Crippen LogP contribution in [-0.2, 0) is 25.7 Å². The highest BCUT2D eigenvalue weighted by Gasteiger charge is 2.14. The van der Waals surface area contributed by atoms with Crippen molar-refractivity contribution >= 4 is 5.97 Å². The van der Waals surface area contributed by atoms with Gasteiger partial charge in [0.1, 0.15) is 5.82 Å². The van der Waals surface area contributed by atoms with Crippen LogP contribution in [0.5, 0.6) is 0 Å². The summed E-state index contributed by atoms with van der Waals surface area (Å²) in [5.74, 6) is -0.218. The molecule has 0 bridgehead atoms. The number of rotatable bonds is 10. The van der Waals surface area contributed by atoms with Crippen molar-refractivity contribution in [2.24, 2.45) is 0 Å². The molecule has 5 nitrogen and oxygen atoms in total. The van der Waals surface area contributed by atoms with Crippen molar-refractivity contribution < 1.29 is 9.90 Å². The third-order valence-electron chi connectivity index (χ3n) is 6.21. The predicted octanol–water partition coefficient (Wildman–Crippen LogP) is 5.85. The van der Waals surface area contributed by atoms with E-state index in [9.17, 15) is 14.7 Å². The average Bonchev–Trinajstić information content (AvgIpc) is 2.89. The van der Waals surface area contributed by atoms with Crippen LogP contribution in [0.1, 0.15) is 58.3 Å². The summed E-state index contributed by atoms with van der Waals surface area (Å²) in [5, 5.41) is 9.49. The van der Waals surface area contributed by atoms with Gasteiger partial charge in [-0.3, -0.25) is 4.79 Å². The van der Waals surface area contributed by atoms with Crippen molar-refractivity contribution in [1.29, 1.82) is 0 Å². The lowest BCUT2D eigenvalue weighted by Crippen LogP contribution is -2.21. The zero-order valence-electron chi connectivity index (χ0n) is 20.0. The molecule has 0 saturated heterocycles. The number of aryl methyl sites for hydroxylation is 3. The number of benzene rings is 3. The Hall–Kier alpha value is -3.99. The minimum absolute atomic E-state index is 0.0746. The summed E-state index contributed by atoms with van der Waals surface area (Å²) >= 11 is 0. The first-order valence-electron chi connectivity index (χ1n) is 12.1. The number of nitrogens with one attached hydrogen (secondary N) is 1. The molecule has 0 aliphatic rings. The summed E-state index contributed by atoms with van der Waals surface area (Å²) in [6.07, 6.45) is 4.79. The molecule has 0 atom stereocenters. The van der Waals surface area contributed by atoms with E-state index in [4.69, 9.17) is 4.98 Å². The van der Waals surface area contributed by atoms with E-state index in [1.807, 2.05) is 54.6 Å². The molecule has 0 saturated carbocycles. The number of carboxylic acids is 1. The number of carbonyl (C=O) groups is 1. The monoisotopic (exact) mass is 466 g/mol. The van der Waals surface area contributed by atoms with E-state index in [1.165, 1.54) is 5.56 Å². The molecule has 5 heteroatoms. The van der Waals surface area contributed by atoms with Crippen LogP contribution < -0.4 is 5.56 Å². The summed E-state index contributed by atoms with van der Waals surface area (Å²) in [6.45, 7) is 2.14. The molecule has 3 aromatic carbocycles. The number of H-pyrrole nitrogens is 1. The van der Waals surface area contributed by atoms with Crippen LogP contribution in [0, 0.1) is 0 Å². The first-order chi connectivity index (χ1) is 17.0. The molecule has 4 aromatic rings. The Morgan fingerprint density at radius 1 is 0.857 bits per heavy atom. The van der Waals surface area contributed by atoms with E-state index in [-0.39, 0.29) is 11.1 Å². The van der Waals surface area contributed by atoms with Crippen LogP contribution in [0.2, 0.25) is 0 Å². The number of aromatic amines is 1. The number of hydrogen-bond acceptors (Lipinski definition) is 3. The van der Waals surface area contributed by atoms with Crippen LogP contribution in [-0.4, -0.2) is 21.0 Å². The molecular formula is C30H30N2O3. The van der Waals surface area contributed by atoms with E-state index in [1.54, 1.807) is 12.1 Å². The normalized spacial score (nSPS) is 10.9. The molecule has 35 heavy (non-hydrogen) atoms. The third-order valence-corrected chi connectivity index (χ3v) is 6.21. The predicted molar refractivity (Wildman–Crippen MR) is 139 cm³/mol. The van der Waals surface area contributed by atoms with E-state index in [0.29, 0.717) is 24.0 Å². The fourth-order valence-electron chi connectivity index (χ4n) is 4.28. The molecule has 0 aliphatic carbocycles. The van der Waals surface area contributed by atoms with Crippen molar-refractivity contribution in [3.63, 3.8) is 0 Å². The SMILES string of the molecule is CCCCc1nc(CCc2ccccc2)[nH]c(=O)c1Cc1ccc(-c2ccccc2C(=O)O)cc1. The Balaban J connectivity index is 1.57. The van der Waals surface area contributed by atoms with Crippen molar-refractivity contribution in [2.75, 3.05) is 0 Å². The highest BCUT2D eigenvalue weighted by molar-refractivity contribution is 5.95. The van der Waals surface area contributed by atoms with Gasteiger partial charge in [-0.25, -0.2) is 9.78 Å². The standard InChI is InChI=1S/C30H30N2O3/c1-2-3-13-27-26(29(33)32-28(31-27)19-16-21-9-5-4-6-10-21)20-22-14-17-23(18-15-22)24-11-7-8-12-25(24)30(34)35/h4-12,14-15,17-18H,2-3,13,16,19-20H2,1H3,(H,34,35)(H,31,32,33). The summed E-state index contributed by atoms with van der Waals surface area (Å²) < 4.78 is 0. The maximum atomic E-state index is 13.1. The number of aromatic carboxylic acids is 1. The van der Waals surface area contributed by atoms with Gasteiger partial charge in [0.15, 0.2) is 0 Å². The van der Waals surface area contributed by atoms with Gasteiger partial charge in [-0.05, 0) is 47.6 Å². The Kier molecular flexibility index (Phi) is 7.88. The van der Waals surface area contributed by atoms with E-state index in [0.717, 1.165) is 48.3 Å². The van der Waals surface area contributed by atoms with Gasteiger partial charge in [-0.15, -0.1) is 0 Å². The number of nitrogens with zero attached hydrogens (tertiary/aromatic N) is 1. The van der Waals surface area contributed by atoms with Gasteiger partial charge < -0.3 is 10.1 Å². The first-order valence-corrected chi connectivity index (χ1v) is 12.1. The molecule has 0 aliphatic heterocycles. The van der Waals surface area contributed by atoms with Crippen LogP contribution in [0.4, 0.5) is 0 Å². The van der Waals surface area contributed by atoms with Crippen molar-refractivity contribution in [3.05, 3.63) is 123 Å². The Morgan fingerprint density at radius 2 is 1.57 bits per heavy atom. The Morgan fingerprint density at radius 3 is 2.29 bits per heavy atom. The zero-order chi connectivity index (χ0) is 24.6.